The number of fused-ring (bicyclic) bond motifs is 7. The number of ether oxygens (including phenoxy) is 1. The highest BCUT2D eigenvalue weighted by Crippen LogP contribution is 2.64. The molecule has 1 spiro atoms. The zero-order valence-corrected chi connectivity index (χ0v) is 18.6. The molecular weight excluding hydrogens is 376 g/mol. The maximum Gasteiger partial charge on any atom is 0.162 e. The Morgan fingerprint density at radius 1 is 1.10 bits per heavy atom. The first-order valence-electron chi connectivity index (χ1n) is 12.7. The van der Waals surface area contributed by atoms with Gasteiger partial charge in [0.05, 0.1) is 17.5 Å². The highest BCUT2D eigenvalue weighted by atomic mass is 16.5. The fraction of sp³-hybridized carbons (Fsp3) is 0.920. The van der Waals surface area contributed by atoms with Crippen LogP contribution in [-0.2, 0) is 4.74 Å². The second kappa shape index (κ2) is 7.03. The van der Waals surface area contributed by atoms with Crippen molar-refractivity contribution in [2.24, 2.45) is 52.6 Å². The Bertz CT molecular complexity index is 740. The van der Waals surface area contributed by atoms with Gasteiger partial charge in [0.1, 0.15) is 0 Å². The molecule has 5 nitrogen and oxygen atoms in total. The Labute approximate surface area is 180 Å². The SMILES string of the molecule is C[C@@H]1CC[C@]2(O[C@@H]3C[C@@H]4[C@@H]5CC=C6C[C@H](O)CC[C@@H]6[C@@H]5CC[C@@H]4[C@@H]3[C@H]2C)N(N=O)C1. The fourth-order valence-electron chi connectivity index (χ4n) is 9.22. The Morgan fingerprint density at radius 2 is 1.93 bits per heavy atom. The number of aliphatic hydroxyl groups is 1. The van der Waals surface area contributed by atoms with E-state index in [9.17, 15) is 10.0 Å². The number of nitroso groups, excluding NO2 is 1. The van der Waals surface area contributed by atoms with E-state index in [2.05, 4.69) is 25.2 Å². The van der Waals surface area contributed by atoms with Gasteiger partial charge in [-0.25, -0.2) is 5.01 Å². The maximum absolute atomic E-state index is 11.7. The van der Waals surface area contributed by atoms with Gasteiger partial charge in [-0.15, -0.1) is 4.91 Å². The van der Waals surface area contributed by atoms with Gasteiger partial charge < -0.3 is 9.84 Å². The predicted molar refractivity (Wildman–Crippen MR) is 115 cm³/mol. The van der Waals surface area contributed by atoms with Crippen LogP contribution >= 0.6 is 0 Å². The normalized spacial score (nSPS) is 54.8. The summed E-state index contributed by atoms with van der Waals surface area (Å²) in [6.45, 7) is 5.32. The molecule has 2 saturated heterocycles. The van der Waals surface area contributed by atoms with Crippen molar-refractivity contribution in [1.82, 2.24) is 5.01 Å². The number of hydrogen-bond donors (Lipinski definition) is 1. The monoisotopic (exact) mass is 414 g/mol. The number of rotatable bonds is 1. The molecule has 5 fully saturated rings. The molecule has 6 aliphatic rings. The van der Waals surface area contributed by atoms with Gasteiger partial charge in [0.2, 0.25) is 0 Å². The summed E-state index contributed by atoms with van der Waals surface area (Å²) in [4.78, 5) is 11.7. The lowest BCUT2D eigenvalue weighted by atomic mass is 9.55. The Kier molecular flexibility index (Phi) is 4.62. The first kappa shape index (κ1) is 19.7. The second-order valence-electron chi connectivity index (χ2n) is 11.7. The maximum atomic E-state index is 11.7. The Morgan fingerprint density at radius 3 is 2.77 bits per heavy atom. The summed E-state index contributed by atoms with van der Waals surface area (Å²) >= 11 is 0. The Balaban J connectivity index is 1.24. The molecule has 2 heterocycles. The van der Waals surface area contributed by atoms with Gasteiger partial charge >= 0.3 is 0 Å². The standard InChI is InChI=1S/C25H38N2O3/c1-14-9-10-25(27(13-14)26-29)15(2)24-21-8-7-19-18-6-4-17(28)11-16(18)3-5-20(19)22(21)12-23(24)30-25/h3,14-15,17-24,28H,4-13H2,1-2H3/t14-,15-,17-,18+,19+,20-,21+,22-,23-,24+,25-/m1/s1. The summed E-state index contributed by atoms with van der Waals surface area (Å²) in [5.74, 6) is 5.39. The minimum absolute atomic E-state index is 0.107. The third-order valence-electron chi connectivity index (χ3n) is 10.5. The molecule has 4 aliphatic carbocycles. The molecule has 0 bridgehead atoms. The van der Waals surface area contributed by atoms with Gasteiger partial charge in [0.25, 0.3) is 0 Å². The van der Waals surface area contributed by atoms with Crippen LogP contribution in [0.25, 0.3) is 0 Å². The summed E-state index contributed by atoms with van der Waals surface area (Å²) < 4.78 is 6.85. The van der Waals surface area contributed by atoms with Crippen LogP contribution in [0.5, 0.6) is 0 Å². The average molecular weight is 415 g/mol. The van der Waals surface area contributed by atoms with E-state index in [1.54, 1.807) is 10.6 Å². The molecule has 11 atom stereocenters. The first-order valence-corrected chi connectivity index (χ1v) is 12.7. The zero-order chi connectivity index (χ0) is 20.6. The average Bonchev–Trinajstić information content (AvgIpc) is 3.23. The van der Waals surface area contributed by atoms with E-state index in [4.69, 9.17) is 4.74 Å². The summed E-state index contributed by atoms with van der Waals surface area (Å²) in [6.07, 6.45) is 13.0. The van der Waals surface area contributed by atoms with Crippen molar-refractivity contribution < 1.29 is 9.84 Å². The highest BCUT2D eigenvalue weighted by Gasteiger charge is 2.65. The van der Waals surface area contributed by atoms with Crippen molar-refractivity contribution in [3.63, 3.8) is 0 Å². The van der Waals surface area contributed by atoms with Crippen LogP contribution in [0.1, 0.15) is 71.6 Å². The molecule has 0 aromatic rings. The fourth-order valence-corrected chi connectivity index (χ4v) is 9.22. The predicted octanol–water partition coefficient (Wildman–Crippen LogP) is 4.90. The summed E-state index contributed by atoms with van der Waals surface area (Å²) in [7, 11) is 0. The topological polar surface area (TPSA) is 62.1 Å². The van der Waals surface area contributed by atoms with E-state index in [0.717, 1.165) is 61.8 Å². The van der Waals surface area contributed by atoms with Gasteiger partial charge in [-0.2, -0.15) is 0 Å². The van der Waals surface area contributed by atoms with E-state index < -0.39 is 5.72 Å². The van der Waals surface area contributed by atoms with E-state index in [0.29, 0.717) is 23.9 Å². The molecule has 5 heteroatoms. The molecule has 2 aliphatic heterocycles. The number of hydrogen-bond acceptors (Lipinski definition) is 4. The molecule has 0 aromatic carbocycles. The molecule has 0 aromatic heterocycles. The van der Waals surface area contributed by atoms with Crippen molar-refractivity contribution in [1.29, 1.82) is 0 Å². The summed E-state index contributed by atoms with van der Waals surface area (Å²) in [6, 6.07) is 0. The molecule has 1 N–H and O–H groups in total. The zero-order valence-electron chi connectivity index (χ0n) is 18.6. The van der Waals surface area contributed by atoms with Crippen molar-refractivity contribution >= 4 is 0 Å². The van der Waals surface area contributed by atoms with Gasteiger partial charge in [-0.3, -0.25) is 0 Å². The van der Waals surface area contributed by atoms with Crippen molar-refractivity contribution in [2.75, 3.05) is 6.54 Å². The van der Waals surface area contributed by atoms with Crippen LogP contribution in [0.2, 0.25) is 0 Å². The van der Waals surface area contributed by atoms with E-state index in [-0.39, 0.29) is 6.10 Å². The third-order valence-corrected chi connectivity index (χ3v) is 10.5. The molecule has 30 heavy (non-hydrogen) atoms. The van der Waals surface area contributed by atoms with E-state index in [1.165, 1.54) is 32.1 Å². The van der Waals surface area contributed by atoms with Crippen LogP contribution in [0.4, 0.5) is 0 Å². The van der Waals surface area contributed by atoms with Crippen LogP contribution in [0.15, 0.2) is 16.9 Å². The van der Waals surface area contributed by atoms with Gasteiger partial charge in [0, 0.05) is 12.5 Å². The van der Waals surface area contributed by atoms with Crippen LogP contribution in [-0.4, -0.2) is 34.6 Å². The highest BCUT2D eigenvalue weighted by molar-refractivity contribution is 5.20. The molecular formula is C25H38N2O3. The lowest BCUT2D eigenvalue weighted by molar-refractivity contribution is -0.194. The quantitative estimate of drug-likeness (QED) is 0.490. The number of aliphatic hydroxyl groups excluding tert-OH is 1. The molecule has 0 radical (unpaired) electrons. The lowest BCUT2D eigenvalue weighted by Gasteiger charge is -2.51. The molecule has 3 saturated carbocycles. The number of piperidine rings is 1. The van der Waals surface area contributed by atoms with Crippen molar-refractivity contribution in [3.8, 4) is 0 Å². The van der Waals surface area contributed by atoms with E-state index >= 15 is 0 Å². The smallest absolute Gasteiger partial charge is 0.162 e. The third kappa shape index (κ3) is 2.66. The van der Waals surface area contributed by atoms with Gasteiger partial charge in [-0.05, 0) is 99.2 Å². The van der Waals surface area contributed by atoms with Crippen LogP contribution < -0.4 is 0 Å². The van der Waals surface area contributed by atoms with Crippen LogP contribution in [0, 0.1) is 52.3 Å². The molecule has 0 unspecified atom stereocenters. The number of allylic oxidation sites excluding steroid dienone is 1. The van der Waals surface area contributed by atoms with Crippen molar-refractivity contribution in [3.05, 3.63) is 16.6 Å². The molecule has 0 amide bonds. The molecule has 6 rings (SSSR count). The van der Waals surface area contributed by atoms with Gasteiger partial charge in [0.15, 0.2) is 5.72 Å². The molecule has 166 valence electrons. The minimum atomic E-state index is -0.440. The lowest BCUT2D eigenvalue weighted by Crippen LogP contribution is -2.55. The summed E-state index contributed by atoms with van der Waals surface area (Å²) in [5.41, 5.74) is 1.13. The van der Waals surface area contributed by atoms with Gasteiger partial charge in [-0.1, -0.05) is 25.5 Å². The second-order valence-corrected chi connectivity index (χ2v) is 11.7. The number of nitrogens with zero attached hydrogens (tertiary/aromatic N) is 2. The van der Waals surface area contributed by atoms with Crippen LogP contribution in [0.3, 0.4) is 0 Å². The Hall–Kier alpha value is -0.940. The summed E-state index contributed by atoms with van der Waals surface area (Å²) in [5, 5.41) is 15.4. The van der Waals surface area contributed by atoms with E-state index in [1.807, 2.05) is 0 Å². The van der Waals surface area contributed by atoms with Crippen molar-refractivity contribution in [2.45, 2.75) is 89.6 Å². The minimum Gasteiger partial charge on any atom is -0.393 e. The largest absolute Gasteiger partial charge is 0.393 e. The first-order chi connectivity index (χ1) is 14.5.